The zero-order valence-electron chi connectivity index (χ0n) is 36.2. The zero-order valence-corrected chi connectivity index (χ0v) is 37.8. The van der Waals surface area contributed by atoms with Gasteiger partial charge in [0.15, 0.2) is 0 Å². The summed E-state index contributed by atoms with van der Waals surface area (Å²) in [7, 11) is -0.791. The third-order valence-corrected chi connectivity index (χ3v) is 14.6. The number of carbonyl (C=O) groups is 4. The molecule has 5 heterocycles. The summed E-state index contributed by atoms with van der Waals surface area (Å²) in [5.74, 6) is 1.22. The summed E-state index contributed by atoms with van der Waals surface area (Å²) in [6.07, 6.45) is 6.19. The Labute approximate surface area is 373 Å². The molecule has 0 saturated carbocycles. The van der Waals surface area contributed by atoms with Crippen molar-refractivity contribution in [3.63, 3.8) is 0 Å². The Bertz CT molecular complexity index is 2430. The molecule has 0 radical (unpaired) electrons. The number of anilines is 1. The van der Waals surface area contributed by atoms with Gasteiger partial charge in [0, 0.05) is 112 Å². The number of fused-ring (bicyclic) bond motifs is 1. The van der Waals surface area contributed by atoms with Crippen molar-refractivity contribution in [3.8, 4) is 11.5 Å². The number of nitrogens with zero attached hydrogens (tertiary/aromatic N) is 6. The molecule has 3 saturated heterocycles. The van der Waals surface area contributed by atoms with E-state index in [1.165, 1.54) is 4.90 Å². The maximum absolute atomic E-state index is 13.1. The number of rotatable bonds is 14. The first-order valence-electron chi connectivity index (χ1n) is 21.8. The molecule has 0 spiro atoms. The molecule has 0 aliphatic carbocycles. The van der Waals surface area contributed by atoms with E-state index in [4.69, 9.17) is 26.1 Å². The Balaban J connectivity index is 0.765. The fourth-order valence-electron chi connectivity index (χ4n) is 9.30. The Hall–Kier alpha value is -5.30. The maximum Gasteiger partial charge on any atom is 0.255 e. The molecule has 14 nitrogen and oxygen atoms in total. The van der Waals surface area contributed by atoms with Gasteiger partial charge in [0.05, 0.1) is 24.4 Å². The summed E-state index contributed by atoms with van der Waals surface area (Å²) in [6, 6.07) is 19.2. The summed E-state index contributed by atoms with van der Waals surface area (Å²) in [6.45, 7) is 9.23. The summed E-state index contributed by atoms with van der Waals surface area (Å²) in [5.41, 5.74) is 5.09. The molecule has 4 aliphatic rings. The SMILES string of the molecule is COc1cc(N2CCC(N3CCN(C(=O)CCCOc4ccc5c(c4)CN(C4CCC(=O)NC4=O)C5=O)CC3)CC2)ccc1Cc1ncc(Cl)c(Cc2ccccc2P(C)(C)=O)n1. The van der Waals surface area contributed by atoms with Crippen LogP contribution in [0.3, 0.4) is 0 Å². The zero-order chi connectivity index (χ0) is 44.3. The second kappa shape index (κ2) is 19.2. The van der Waals surface area contributed by atoms with Gasteiger partial charge in [-0.05, 0) is 74.4 Å². The third kappa shape index (κ3) is 10.2. The summed E-state index contributed by atoms with van der Waals surface area (Å²) >= 11 is 6.57. The third-order valence-electron chi connectivity index (χ3n) is 12.7. The smallest absolute Gasteiger partial charge is 0.255 e. The molecule has 3 aromatic carbocycles. The van der Waals surface area contributed by atoms with Crippen LogP contribution in [0.5, 0.6) is 11.5 Å². The van der Waals surface area contributed by atoms with Gasteiger partial charge in [0.1, 0.15) is 30.5 Å². The number of piperazine rings is 1. The van der Waals surface area contributed by atoms with E-state index in [0.717, 1.165) is 72.5 Å². The van der Waals surface area contributed by atoms with Crippen molar-refractivity contribution in [2.45, 2.75) is 70.0 Å². The standard InChI is InChI=1S/C47H55ClN7O7P/c1-61-41-28-35(11-10-31(41)27-43-49-29-38(48)39(50-43)26-32-7-4-5-8-42(32)63(2,3)60)52-18-16-34(17-19-52)53-20-22-54(23-21-53)45(57)9-6-24-62-36-12-13-37-33(25-36)30-55(47(37)59)40-14-15-44(56)51-46(40)58/h4-5,7-8,10-13,25,28-29,34,40H,6,9,14-24,26-27,30H2,1-3H3,(H,51,56,58). The minimum absolute atomic E-state index is 0.139. The van der Waals surface area contributed by atoms with Crippen molar-refractivity contribution in [2.24, 2.45) is 0 Å². The average molecular weight is 896 g/mol. The molecule has 1 atom stereocenters. The van der Waals surface area contributed by atoms with E-state index >= 15 is 0 Å². The Morgan fingerprint density at radius 2 is 1.70 bits per heavy atom. The van der Waals surface area contributed by atoms with Crippen LogP contribution in [0.25, 0.3) is 0 Å². The van der Waals surface area contributed by atoms with Crippen molar-refractivity contribution in [1.82, 2.24) is 30.0 Å². The molecule has 3 fully saturated rings. The Kier molecular flexibility index (Phi) is 13.5. The molecular weight excluding hydrogens is 841 g/mol. The minimum atomic E-state index is -2.48. The highest BCUT2D eigenvalue weighted by Gasteiger charge is 2.39. The molecule has 0 bridgehead atoms. The monoisotopic (exact) mass is 895 g/mol. The van der Waals surface area contributed by atoms with Crippen LogP contribution in [-0.4, -0.2) is 127 Å². The van der Waals surface area contributed by atoms with Crippen LogP contribution in [0.15, 0.2) is 66.9 Å². The van der Waals surface area contributed by atoms with Crippen LogP contribution in [0.2, 0.25) is 5.02 Å². The Morgan fingerprint density at radius 1 is 0.921 bits per heavy atom. The lowest BCUT2D eigenvalue weighted by atomic mass is 10.0. The van der Waals surface area contributed by atoms with Gasteiger partial charge in [-0.2, -0.15) is 0 Å². The van der Waals surface area contributed by atoms with Gasteiger partial charge in [-0.15, -0.1) is 0 Å². The topological polar surface area (TPSA) is 155 Å². The molecule has 1 aromatic heterocycles. The predicted octanol–water partition coefficient (Wildman–Crippen LogP) is 5.30. The van der Waals surface area contributed by atoms with Crippen LogP contribution in [-0.2, 0) is 38.3 Å². The first kappa shape index (κ1) is 44.3. The number of halogens is 1. The Morgan fingerprint density at radius 3 is 2.44 bits per heavy atom. The number of methoxy groups -OCH3 is 1. The van der Waals surface area contributed by atoms with Crippen molar-refractivity contribution in [3.05, 3.63) is 106 Å². The van der Waals surface area contributed by atoms with Crippen LogP contribution < -0.4 is 25.0 Å². The van der Waals surface area contributed by atoms with Crippen LogP contribution in [0, 0.1) is 0 Å². The number of imide groups is 1. The normalized spacial score (nSPS) is 18.7. The molecule has 1 N–H and O–H groups in total. The summed E-state index contributed by atoms with van der Waals surface area (Å²) in [4.78, 5) is 67.9. The molecule has 4 aromatic rings. The molecule has 16 heteroatoms. The maximum atomic E-state index is 13.1. The lowest BCUT2D eigenvalue weighted by Crippen LogP contribution is -2.54. The van der Waals surface area contributed by atoms with E-state index in [2.05, 4.69) is 38.3 Å². The van der Waals surface area contributed by atoms with Crippen LogP contribution in [0.4, 0.5) is 5.69 Å². The van der Waals surface area contributed by atoms with Gasteiger partial charge >= 0.3 is 0 Å². The number of ether oxygens (including phenoxy) is 2. The minimum Gasteiger partial charge on any atom is -0.496 e. The fourth-order valence-corrected chi connectivity index (χ4v) is 10.8. The molecule has 63 heavy (non-hydrogen) atoms. The lowest BCUT2D eigenvalue weighted by Gasteiger charge is -2.43. The summed E-state index contributed by atoms with van der Waals surface area (Å²) in [5, 5.41) is 3.65. The number of hydrogen-bond donors (Lipinski definition) is 1. The largest absolute Gasteiger partial charge is 0.496 e. The second-order valence-electron chi connectivity index (χ2n) is 17.2. The first-order valence-corrected chi connectivity index (χ1v) is 24.8. The van der Waals surface area contributed by atoms with E-state index in [1.807, 2.05) is 35.2 Å². The lowest BCUT2D eigenvalue weighted by molar-refractivity contribution is -0.137. The molecule has 4 aliphatic heterocycles. The molecule has 8 rings (SSSR count). The quantitative estimate of drug-likeness (QED) is 0.0997. The number of carbonyl (C=O) groups excluding carboxylic acids is 4. The average Bonchev–Trinajstić information content (AvgIpc) is 3.60. The van der Waals surface area contributed by atoms with Gasteiger partial charge in [-0.1, -0.05) is 41.9 Å². The van der Waals surface area contributed by atoms with E-state index in [-0.39, 0.29) is 24.1 Å². The fraction of sp³-hybridized carbons (Fsp3) is 0.447. The number of piperidine rings is 2. The van der Waals surface area contributed by atoms with Crippen molar-refractivity contribution < 1.29 is 33.2 Å². The number of amides is 4. The number of hydrogen-bond acceptors (Lipinski definition) is 11. The number of nitrogens with one attached hydrogen (secondary N) is 1. The van der Waals surface area contributed by atoms with Gasteiger partial charge in [0.2, 0.25) is 17.7 Å². The van der Waals surface area contributed by atoms with E-state index in [0.29, 0.717) is 92.2 Å². The predicted molar refractivity (Wildman–Crippen MR) is 242 cm³/mol. The van der Waals surface area contributed by atoms with E-state index in [9.17, 15) is 23.7 Å². The van der Waals surface area contributed by atoms with Gasteiger partial charge in [-0.25, -0.2) is 9.97 Å². The van der Waals surface area contributed by atoms with Crippen LogP contribution >= 0.6 is 18.7 Å². The number of aromatic nitrogens is 2. The van der Waals surface area contributed by atoms with Gasteiger partial charge in [-0.3, -0.25) is 29.4 Å². The van der Waals surface area contributed by atoms with Crippen molar-refractivity contribution >= 4 is 53.4 Å². The molecule has 1 unspecified atom stereocenters. The summed E-state index contributed by atoms with van der Waals surface area (Å²) < 4.78 is 24.8. The van der Waals surface area contributed by atoms with E-state index < -0.39 is 19.1 Å². The highest BCUT2D eigenvalue weighted by atomic mass is 35.5. The molecular formula is C47H55ClN7O7P. The highest BCUT2D eigenvalue weighted by molar-refractivity contribution is 7.70. The van der Waals surface area contributed by atoms with Crippen molar-refractivity contribution in [1.29, 1.82) is 0 Å². The highest BCUT2D eigenvalue weighted by Crippen LogP contribution is 2.37. The number of benzene rings is 3. The first-order chi connectivity index (χ1) is 30.3. The van der Waals surface area contributed by atoms with Crippen molar-refractivity contribution in [2.75, 3.05) is 71.2 Å². The van der Waals surface area contributed by atoms with Crippen LogP contribution in [0.1, 0.15) is 77.1 Å². The molecule has 4 amide bonds. The van der Waals surface area contributed by atoms with Gasteiger partial charge < -0.3 is 28.7 Å². The van der Waals surface area contributed by atoms with Gasteiger partial charge in [0.25, 0.3) is 5.91 Å². The van der Waals surface area contributed by atoms with E-state index in [1.54, 1.807) is 38.8 Å². The molecule has 332 valence electrons. The second-order valence-corrected chi connectivity index (χ2v) is 20.8.